The van der Waals surface area contributed by atoms with Crippen molar-refractivity contribution in [1.29, 1.82) is 0 Å². The molecule has 0 bridgehead atoms. The lowest BCUT2D eigenvalue weighted by Crippen LogP contribution is -1.98. The molecule has 0 unspecified atom stereocenters. The Labute approximate surface area is 77.6 Å². The van der Waals surface area contributed by atoms with E-state index in [1.165, 1.54) is 12.1 Å². The molecule has 0 saturated carbocycles. The average molecular weight is 202 g/mol. The van der Waals surface area contributed by atoms with E-state index in [2.05, 4.69) is 0 Å². The molecule has 13 heavy (non-hydrogen) atoms. The van der Waals surface area contributed by atoms with Crippen LogP contribution in [0.25, 0.3) is 0 Å². The van der Waals surface area contributed by atoms with Crippen LogP contribution in [0.15, 0.2) is 29.2 Å². The molecule has 0 spiro atoms. The first kappa shape index (κ1) is 10.2. The van der Waals surface area contributed by atoms with Crippen molar-refractivity contribution < 1.29 is 12.3 Å². The maximum Gasteiger partial charge on any atom is 0.332 e. The summed E-state index contributed by atoms with van der Waals surface area (Å²) in [4.78, 5) is -0.197. The summed E-state index contributed by atoms with van der Waals surface area (Å²) in [6.45, 7) is 1.92. The van der Waals surface area contributed by atoms with Crippen molar-refractivity contribution in [3.8, 4) is 0 Å². The fourth-order valence-corrected chi connectivity index (χ4v) is 1.94. The fourth-order valence-electron chi connectivity index (χ4n) is 1.22. The number of rotatable bonds is 3. The highest BCUT2D eigenvalue weighted by atomic mass is 32.3. The highest BCUT2D eigenvalue weighted by Crippen LogP contribution is 2.18. The normalized spacial score (nSPS) is 11.5. The van der Waals surface area contributed by atoms with Crippen molar-refractivity contribution in [3.63, 3.8) is 0 Å². The van der Waals surface area contributed by atoms with Crippen LogP contribution in [-0.2, 0) is 16.6 Å². The molecule has 1 aromatic carbocycles. The van der Waals surface area contributed by atoms with Crippen LogP contribution in [-0.4, -0.2) is 8.42 Å². The van der Waals surface area contributed by atoms with E-state index in [9.17, 15) is 12.3 Å². The Balaban J connectivity index is 3.20. The summed E-state index contributed by atoms with van der Waals surface area (Å²) < 4.78 is 34.0. The Hall–Kier alpha value is -0.900. The SMILES string of the molecule is CCCc1ccccc1S(=O)(=O)F. The van der Waals surface area contributed by atoms with Crippen LogP contribution >= 0.6 is 0 Å². The van der Waals surface area contributed by atoms with Gasteiger partial charge in [-0.25, -0.2) is 0 Å². The van der Waals surface area contributed by atoms with E-state index >= 15 is 0 Å². The van der Waals surface area contributed by atoms with E-state index in [-0.39, 0.29) is 4.90 Å². The highest BCUT2D eigenvalue weighted by molar-refractivity contribution is 7.86. The zero-order chi connectivity index (χ0) is 9.90. The van der Waals surface area contributed by atoms with Crippen molar-refractivity contribution in [2.75, 3.05) is 0 Å². The maximum absolute atomic E-state index is 12.7. The van der Waals surface area contributed by atoms with E-state index in [4.69, 9.17) is 0 Å². The van der Waals surface area contributed by atoms with Gasteiger partial charge in [-0.1, -0.05) is 31.5 Å². The third-order valence-corrected chi connectivity index (χ3v) is 2.68. The quantitative estimate of drug-likeness (QED) is 0.705. The highest BCUT2D eigenvalue weighted by Gasteiger charge is 2.15. The summed E-state index contributed by atoms with van der Waals surface area (Å²) in [5.74, 6) is 0. The standard InChI is InChI=1S/C9H11FO2S/c1-2-5-8-6-3-4-7-9(8)13(10,11)12/h3-4,6-7H,2,5H2,1H3. The van der Waals surface area contributed by atoms with Gasteiger partial charge in [0.15, 0.2) is 0 Å². The number of aryl methyl sites for hydroxylation is 1. The Morgan fingerprint density at radius 1 is 1.31 bits per heavy atom. The van der Waals surface area contributed by atoms with Gasteiger partial charge < -0.3 is 0 Å². The molecule has 4 heteroatoms. The Kier molecular flexibility index (Phi) is 3.03. The first-order chi connectivity index (χ1) is 6.05. The van der Waals surface area contributed by atoms with Crippen LogP contribution in [0.2, 0.25) is 0 Å². The van der Waals surface area contributed by atoms with Crippen LogP contribution in [0.5, 0.6) is 0 Å². The molecule has 0 fully saturated rings. The van der Waals surface area contributed by atoms with Gasteiger partial charge in [-0.3, -0.25) is 0 Å². The van der Waals surface area contributed by atoms with Crippen LogP contribution in [0.4, 0.5) is 3.89 Å². The fraction of sp³-hybridized carbons (Fsp3) is 0.333. The van der Waals surface area contributed by atoms with Gasteiger partial charge in [-0.05, 0) is 18.1 Å². The van der Waals surface area contributed by atoms with E-state index < -0.39 is 10.2 Å². The van der Waals surface area contributed by atoms with Gasteiger partial charge in [0.05, 0.1) is 0 Å². The Morgan fingerprint density at radius 2 is 1.92 bits per heavy atom. The minimum absolute atomic E-state index is 0.197. The smallest absolute Gasteiger partial charge is 0.189 e. The maximum atomic E-state index is 12.7. The minimum atomic E-state index is -4.56. The van der Waals surface area contributed by atoms with Crippen LogP contribution in [0, 0.1) is 0 Å². The van der Waals surface area contributed by atoms with Crippen molar-refractivity contribution >= 4 is 10.2 Å². The Morgan fingerprint density at radius 3 is 2.46 bits per heavy atom. The molecule has 0 radical (unpaired) electrons. The third-order valence-electron chi connectivity index (χ3n) is 1.75. The van der Waals surface area contributed by atoms with E-state index in [1.54, 1.807) is 12.1 Å². The predicted octanol–water partition coefficient (Wildman–Crippen LogP) is 2.30. The van der Waals surface area contributed by atoms with Crippen LogP contribution < -0.4 is 0 Å². The first-order valence-corrected chi connectivity index (χ1v) is 5.46. The third kappa shape index (κ3) is 2.52. The van der Waals surface area contributed by atoms with Crippen LogP contribution in [0.3, 0.4) is 0 Å². The number of halogens is 1. The predicted molar refractivity (Wildman–Crippen MR) is 48.7 cm³/mol. The van der Waals surface area contributed by atoms with Gasteiger partial charge in [0.25, 0.3) is 0 Å². The molecule has 2 nitrogen and oxygen atoms in total. The average Bonchev–Trinajstić information content (AvgIpc) is 2.04. The summed E-state index contributed by atoms with van der Waals surface area (Å²) >= 11 is 0. The zero-order valence-corrected chi connectivity index (χ0v) is 8.14. The molecule has 72 valence electrons. The molecule has 0 heterocycles. The molecule has 0 N–H and O–H groups in total. The summed E-state index contributed by atoms with van der Waals surface area (Å²) in [6.07, 6.45) is 1.38. The Bertz CT molecular complexity index is 384. The number of hydrogen-bond acceptors (Lipinski definition) is 2. The first-order valence-electron chi connectivity index (χ1n) is 4.08. The van der Waals surface area contributed by atoms with E-state index in [0.717, 1.165) is 6.42 Å². The topological polar surface area (TPSA) is 34.1 Å². The van der Waals surface area contributed by atoms with Gasteiger partial charge in [0.2, 0.25) is 0 Å². The molecule has 1 rings (SSSR count). The van der Waals surface area contributed by atoms with Gasteiger partial charge >= 0.3 is 10.2 Å². The van der Waals surface area contributed by atoms with Crippen molar-refractivity contribution in [1.82, 2.24) is 0 Å². The summed E-state index contributed by atoms with van der Waals surface area (Å²) in [5.41, 5.74) is 0.549. The molecule has 0 atom stereocenters. The monoisotopic (exact) mass is 202 g/mol. The largest absolute Gasteiger partial charge is 0.332 e. The molecule has 0 aliphatic heterocycles. The van der Waals surface area contributed by atoms with E-state index in [1.807, 2.05) is 6.92 Å². The van der Waals surface area contributed by atoms with Gasteiger partial charge in [0, 0.05) is 0 Å². The minimum Gasteiger partial charge on any atom is -0.189 e. The molecule has 1 aromatic rings. The van der Waals surface area contributed by atoms with Crippen molar-refractivity contribution in [2.45, 2.75) is 24.7 Å². The summed E-state index contributed by atoms with van der Waals surface area (Å²) in [6, 6.07) is 6.15. The van der Waals surface area contributed by atoms with Crippen molar-refractivity contribution in [3.05, 3.63) is 29.8 Å². The van der Waals surface area contributed by atoms with Gasteiger partial charge in [-0.2, -0.15) is 8.42 Å². The lowest BCUT2D eigenvalue weighted by molar-refractivity contribution is 0.550. The zero-order valence-electron chi connectivity index (χ0n) is 7.33. The lowest BCUT2D eigenvalue weighted by Gasteiger charge is -2.02. The molecule has 0 amide bonds. The van der Waals surface area contributed by atoms with Crippen molar-refractivity contribution in [2.24, 2.45) is 0 Å². The second kappa shape index (κ2) is 3.87. The number of hydrogen-bond donors (Lipinski definition) is 0. The number of benzene rings is 1. The second-order valence-corrected chi connectivity index (χ2v) is 4.11. The summed E-state index contributed by atoms with van der Waals surface area (Å²) in [7, 11) is -4.56. The molecule has 0 aromatic heterocycles. The van der Waals surface area contributed by atoms with E-state index in [0.29, 0.717) is 12.0 Å². The van der Waals surface area contributed by atoms with Gasteiger partial charge in [-0.15, -0.1) is 3.89 Å². The second-order valence-electron chi connectivity index (χ2n) is 2.80. The molecule has 0 aliphatic carbocycles. The van der Waals surface area contributed by atoms with Crippen LogP contribution in [0.1, 0.15) is 18.9 Å². The molecular formula is C9H11FO2S. The molecular weight excluding hydrogens is 191 g/mol. The summed E-state index contributed by atoms with van der Waals surface area (Å²) in [5, 5.41) is 0. The molecule has 0 saturated heterocycles. The van der Waals surface area contributed by atoms with Gasteiger partial charge in [0.1, 0.15) is 4.90 Å². The lowest BCUT2D eigenvalue weighted by atomic mass is 10.1. The molecule has 0 aliphatic rings.